The first-order chi connectivity index (χ1) is 11.7. The van der Waals surface area contributed by atoms with Gasteiger partial charge in [-0.15, -0.1) is 24.0 Å². The number of aliphatic hydroxyl groups excluding tert-OH is 1. The summed E-state index contributed by atoms with van der Waals surface area (Å²) in [5.74, 6) is 1.53. The molecule has 7 heteroatoms. The van der Waals surface area contributed by atoms with Crippen LogP contribution in [-0.2, 0) is 4.74 Å². The van der Waals surface area contributed by atoms with Crippen molar-refractivity contribution < 1.29 is 9.84 Å². The van der Waals surface area contributed by atoms with Gasteiger partial charge < -0.3 is 20.5 Å². The highest BCUT2D eigenvalue weighted by Crippen LogP contribution is 2.28. The molecule has 1 atom stereocenters. The summed E-state index contributed by atoms with van der Waals surface area (Å²) in [6, 6.07) is 7.18. The Morgan fingerprint density at radius 2 is 2.04 bits per heavy atom. The summed E-state index contributed by atoms with van der Waals surface area (Å²) in [4.78, 5) is 4.44. The summed E-state index contributed by atoms with van der Waals surface area (Å²) in [5.41, 5.74) is 0.812. The van der Waals surface area contributed by atoms with Crippen molar-refractivity contribution in [2.24, 2.45) is 10.9 Å². The van der Waals surface area contributed by atoms with Crippen LogP contribution in [0.2, 0.25) is 5.02 Å². The number of ether oxygens (including phenoxy) is 1. The van der Waals surface area contributed by atoms with Crippen LogP contribution in [0.15, 0.2) is 29.3 Å². The van der Waals surface area contributed by atoms with E-state index in [4.69, 9.17) is 16.3 Å². The quantitative estimate of drug-likeness (QED) is 0.207. The number of nitrogens with zero attached hydrogens (tertiary/aromatic N) is 1. The van der Waals surface area contributed by atoms with Crippen molar-refractivity contribution >= 4 is 41.5 Å². The first-order valence-electron chi connectivity index (χ1n) is 8.72. The normalized spacial score (nSPS) is 15.4. The van der Waals surface area contributed by atoms with Gasteiger partial charge in [-0.05, 0) is 49.8 Å². The summed E-state index contributed by atoms with van der Waals surface area (Å²) in [6.07, 6.45) is 2.95. The zero-order chi connectivity index (χ0) is 17.2. The molecule has 0 bridgehead atoms. The first-order valence-corrected chi connectivity index (χ1v) is 9.10. The fourth-order valence-electron chi connectivity index (χ4n) is 2.23. The molecule has 142 valence electrons. The minimum Gasteiger partial charge on any atom is -0.386 e. The van der Waals surface area contributed by atoms with Gasteiger partial charge in [-0.25, -0.2) is 0 Å². The average Bonchev–Trinajstić information content (AvgIpc) is 3.40. The van der Waals surface area contributed by atoms with Crippen LogP contribution in [0.1, 0.15) is 37.9 Å². The number of aliphatic imine (C=N–C) groups is 1. The van der Waals surface area contributed by atoms with E-state index in [-0.39, 0.29) is 24.0 Å². The molecule has 0 saturated heterocycles. The Hall–Kier alpha value is -0.570. The molecule has 1 aliphatic rings. The highest BCUT2D eigenvalue weighted by molar-refractivity contribution is 14.0. The van der Waals surface area contributed by atoms with Crippen LogP contribution in [0.25, 0.3) is 0 Å². The number of guanidine groups is 1. The van der Waals surface area contributed by atoms with Crippen LogP contribution in [0.3, 0.4) is 0 Å². The highest BCUT2D eigenvalue weighted by Gasteiger charge is 2.20. The maximum atomic E-state index is 10.2. The molecule has 3 N–H and O–H groups in total. The summed E-state index contributed by atoms with van der Waals surface area (Å²) in [5, 5.41) is 17.3. The number of hydrogen-bond acceptors (Lipinski definition) is 3. The van der Waals surface area contributed by atoms with Gasteiger partial charge in [0.2, 0.25) is 0 Å². The van der Waals surface area contributed by atoms with E-state index in [0.717, 1.165) is 44.2 Å². The zero-order valence-electron chi connectivity index (χ0n) is 14.7. The molecule has 5 nitrogen and oxygen atoms in total. The molecule has 25 heavy (non-hydrogen) atoms. The van der Waals surface area contributed by atoms with Crippen molar-refractivity contribution in [3.8, 4) is 0 Å². The Kier molecular flexibility index (Phi) is 11.4. The fraction of sp³-hybridized carbons (Fsp3) is 0.611. The Morgan fingerprint density at radius 3 is 2.68 bits per heavy atom. The van der Waals surface area contributed by atoms with Gasteiger partial charge in [-0.1, -0.05) is 23.7 Å². The van der Waals surface area contributed by atoms with E-state index in [9.17, 15) is 5.11 Å². The molecule has 0 aliphatic heterocycles. The topological polar surface area (TPSA) is 65.9 Å². The molecule has 0 amide bonds. The summed E-state index contributed by atoms with van der Waals surface area (Å²) in [7, 11) is 0. The van der Waals surface area contributed by atoms with Crippen LogP contribution in [-0.4, -0.2) is 43.9 Å². The molecule has 1 aromatic rings. The van der Waals surface area contributed by atoms with Crippen molar-refractivity contribution in [2.45, 2.75) is 32.3 Å². The predicted molar refractivity (Wildman–Crippen MR) is 114 cm³/mol. The monoisotopic (exact) mass is 481 g/mol. The molecule has 0 spiro atoms. The smallest absolute Gasteiger partial charge is 0.191 e. The molecule has 0 aromatic heterocycles. The Balaban J connectivity index is 0.00000312. The Bertz CT molecular complexity index is 510. The fourth-order valence-corrected chi connectivity index (χ4v) is 2.35. The largest absolute Gasteiger partial charge is 0.386 e. The van der Waals surface area contributed by atoms with E-state index < -0.39 is 6.10 Å². The second-order valence-electron chi connectivity index (χ2n) is 6.09. The first kappa shape index (κ1) is 22.5. The standard InChI is InChI=1S/C18H28ClN3O2.HI/c1-2-20-18(21-10-3-11-24-13-14-4-5-14)22-12-17(23)15-6-8-16(19)9-7-15;/h6-9,14,17,23H,2-5,10-13H2,1H3,(H2,20,21,22);1H. The summed E-state index contributed by atoms with van der Waals surface area (Å²) in [6.45, 7) is 5.58. The number of rotatable bonds is 10. The molecule has 1 saturated carbocycles. The van der Waals surface area contributed by atoms with Gasteiger partial charge in [-0.2, -0.15) is 0 Å². The van der Waals surface area contributed by atoms with Gasteiger partial charge in [0.05, 0.1) is 12.6 Å². The third-order valence-electron chi connectivity index (χ3n) is 3.83. The van der Waals surface area contributed by atoms with Gasteiger partial charge in [0.15, 0.2) is 5.96 Å². The van der Waals surface area contributed by atoms with Crippen molar-refractivity contribution in [3.63, 3.8) is 0 Å². The Morgan fingerprint density at radius 1 is 1.32 bits per heavy atom. The minimum absolute atomic E-state index is 0. The molecule has 0 radical (unpaired) electrons. The second-order valence-corrected chi connectivity index (χ2v) is 6.52. The highest BCUT2D eigenvalue weighted by atomic mass is 127. The van der Waals surface area contributed by atoms with E-state index in [1.165, 1.54) is 12.8 Å². The summed E-state index contributed by atoms with van der Waals surface area (Å²) < 4.78 is 5.61. The van der Waals surface area contributed by atoms with Crippen LogP contribution in [0, 0.1) is 5.92 Å². The van der Waals surface area contributed by atoms with Crippen molar-refractivity contribution in [3.05, 3.63) is 34.9 Å². The van der Waals surface area contributed by atoms with E-state index >= 15 is 0 Å². The van der Waals surface area contributed by atoms with Crippen molar-refractivity contribution in [1.82, 2.24) is 10.6 Å². The molecular formula is C18H29ClIN3O2. The van der Waals surface area contributed by atoms with Gasteiger partial charge in [0.25, 0.3) is 0 Å². The van der Waals surface area contributed by atoms with E-state index in [1.807, 2.05) is 19.1 Å². The van der Waals surface area contributed by atoms with Crippen molar-refractivity contribution in [1.29, 1.82) is 0 Å². The van der Waals surface area contributed by atoms with Crippen LogP contribution in [0.5, 0.6) is 0 Å². The van der Waals surface area contributed by atoms with Crippen LogP contribution < -0.4 is 10.6 Å². The maximum absolute atomic E-state index is 10.2. The lowest BCUT2D eigenvalue weighted by molar-refractivity contribution is 0.123. The van der Waals surface area contributed by atoms with Crippen LogP contribution in [0.4, 0.5) is 0 Å². The van der Waals surface area contributed by atoms with Gasteiger partial charge >= 0.3 is 0 Å². The lowest BCUT2D eigenvalue weighted by atomic mass is 10.1. The third-order valence-corrected chi connectivity index (χ3v) is 4.08. The number of nitrogens with one attached hydrogen (secondary N) is 2. The SMILES string of the molecule is CCNC(=NCC(O)c1ccc(Cl)cc1)NCCCOCC1CC1.I. The molecule has 1 fully saturated rings. The zero-order valence-corrected chi connectivity index (χ0v) is 17.8. The number of aliphatic hydroxyl groups is 1. The van der Waals surface area contributed by atoms with Gasteiger partial charge in [0.1, 0.15) is 0 Å². The van der Waals surface area contributed by atoms with Gasteiger partial charge in [0, 0.05) is 31.3 Å². The number of benzene rings is 1. The molecular weight excluding hydrogens is 453 g/mol. The van der Waals surface area contributed by atoms with E-state index in [0.29, 0.717) is 17.5 Å². The predicted octanol–water partition coefficient (Wildman–Crippen LogP) is 3.36. The molecule has 1 unspecified atom stereocenters. The summed E-state index contributed by atoms with van der Waals surface area (Å²) >= 11 is 5.86. The van der Waals surface area contributed by atoms with E-state index in [1.54, 1.807) is 12.1 Å². The lowest BCUT2D eigenvalue weighted by Crippen LogP contribution is -2.38. The second kappa shape index (κ2) is 12.7. The molecule has 1 aliphatic carbocycles. The lowest BCUT2D eigenvalue weighted by Gasteiger charge is -2.13. The average molecular weight is 482 g/mol. The van der Waals surface area contributed by atoms with Gasteiger partial charge in [-0.3, -0.25) is 4.99 Å². The third kappa shape index (κ3) is 9.63. The number of hydrogen-bond donors (Lipinski definition) is 3. The van der Waals surface area contributed by atoms with Crippen LogP contribution >= 0.6 is 35.6 Å². The molecule has 2 rings (SSSR count). The van der Waals surface area contributed by atoms with Crippen molar-refractivity contribution in [2.75, 3.05) is 32.8 Å². The molecule has 0 heterocycles. The molecule has 1 aromatic carbocycles. The number of halogens is 2. The minimum atomic E-state index is -0.639. The Labute approximate surface area is 172 Å². The maximum Gasteiger partial charge on any atom is 0.191 e. The van der Waals surface area contributed by atoms with E-state index in [2.05, 4.69) is 15.6 Å².